The molecule has 0 saturated heterocycles. The Balaban J connectivity index is 2.10. The van der Waals surface area contributed by atoms with E-state index in [1.54, 1.807) is 6.08 Å². The molecule has 4 unspecified atom stereocenters. The van der Waals surface area contributed by atoms with Gasteiger partial charge in [-0.15, -0.1) is 0 Å². The lowest BCUT2D eigenvalue weighted by Crippen LogP contribution is -2.32. The molecule has 2 heteroatoms. The fourth-order valence-corrected chi connectivity index (χ4v) is 3.34. The second-order valence-electron chi connectivity index (χ2n) is 5.21. The zero-order valence-electron chi connectivity index (χ0n) is 10.1. The van der Waals surface area contributed by atoms with Gasteiger partial charge in [0, 0.05) is 0 Å². The van der Waals surface area contributed by atoms with Crippen LogP contribution in [0.2, 0.25) is 0 Å². The van der Waals surface area contributed by atoms with Crippen molar-refractivity contribution in [3.05, 3.63) is 24.8 Å². The van der Waals surface area contributed by atoms with Crippen LogP contribution in [0.3, 0.4) is 0 Å². The Morgan fingerprint density at radius 3 is 2.81 bits per heavy atom. The summed E-state index contributed by atoms with van der Waals surface area (Å²) in [6.45, 7) is 8.31. The number of hydrogen-bond acceptors (Lipinski definition) is 2. The van der Waals surface area contributed by atoms with Crippen molar-refractivity contribution in [2.75, 3.05) is 6.61 Å². The summed E-state index contributed by atoms with van der Waals surface area (Å²) in [4.78, 5) is 12.0. The van der Waals surface area contributed by atoms with Crippen LogP contribution < -0.4 is 0 Å². The number of esters is 1. The Hall–Kier alpha value is -1.05. The molecule has 0 radical (unpaired) electrons. The molecule has 0 N–H and O–H groups in total. The monoisotopic (exact) mass is 220 g/mol. The van der Waals surface area contributed by atoms with Gasteiger partial charge < -0.3 is 4.74 Å². The number of hydrogen-bond donors (Lipinski definition) is 0. The van der Waals surface area contributed by atoms with Crippen LogP contribution in [-0.2, 0) is 9.53 Å². The summed E-state index contributed by atoms with van der Waals surface area (Å²) < 4.78 is 5.22. The van der Waals surface area contributed by atoms with Crippen molar-refractivity contribution >= 4 is 5.97 Å². The summed E-state index contributed by atoms with van der Waals surface area (Å²) in [6.07, 6.45) is 7.25. The van der Waals surface area contributed by atoms with E-state index in [1.165, 1.54) is 0 Å². The third kappa shape index (κ3) is 1.81. The first kappa shape index (κ1) is 11.4. The predicted molar refractivity (Wildman–Crippen MR) is 63.7 cm³/mol. The molecule has 0 aromatic rings. The number of fused-ring (bicyclic) bond motifs is 2. The van der Waals surface area contributed by atoms with Crippen LogP contribution in [0.25, 0.3) is 0 Å². The van der Waals surface area contributed by atoms with Gasteiger partial charge in [0.15, 0.2) is 0 Å². The Morgan fingerprint density at radius 2 is 2.19 bits per heavy atom. The molecule has 2 nitrogen and oxygen atoms in total. The van der Waals surface area contributed by atoms with Crippen LogP contribution in [0.15, 0.2) is 24.8 Å². The Morgan fingerprint density at radius 1 is 1.50 bits per heavy atom. The van der Waals surface area contributed by atoms with Crippen LogP contribution in [0, 0.1) is 29.6 Å². The van der Waals surface area contributed by atoms with Crippen LogP contribution in [0.4, 0.5) is 0 Å². The number of allylic oxidation sites excluding steroid dienone is 2. The van der Waals surface area contributed by atoms with E-state index in [2.05, 4.69) is 32.6 Å². The maximum absolute atomic E-state index is 12.0. The second-order valence-corrected chi connectivity index (χ2v) is 5.21. The molecule has 88 valence electrons. The van der Waals surface area contributed by atoms with Gasteiger partial charge in [-0.1, -0.05) is 38.7 Å². The average Bonchev–Trinajstić information content (AvgIpc) is 2.84. The molecular weight excluding hydrogens is 200 g/mol. The quantitative estimate of drug-likeness (QED) is 0.538. The summed E-state index contributed by atoms with van der Waals surface area (Å²) in [5, 5.41) is 0. The van der Waals surface area contributed by atoms with Gasteiger partial charge in [-0.2, -0.15) is 0 Å². The minimum Gasteiger partial charge on any atom is -0.461 e. The van der Waals surface area contributed by atoms with Crippen molar-refractivity contribution in [2.24, 2.45) is 29.6 Å². The summed E-state index contributed by atoms with van der Waals surface area (Å²) in [5.74, 6) is 2.06. The van der Waals surface area contributed by atoms with Gasteiger partial charge in [-0.3, -0.25) is 4.79 Å². The molecular formula is C14H20O2. The summed E-state index contributed by atoms with van der Waals surface area (Å²) in [7, 11) is 0. The highest BCUT2D eigenvalue weighted by Crippen LogP contribution is 2.51. The molecule has 0 spiro atoms. The zero-order valence-corrected chi connectivity index (χ0v) is 10.1. The molecule has 4 atom stereocenters. The molecule has 0 aromatic carbocycles. The van der Waals surface area contributed by atoms with Gasteiger partial charge in [-0.25, -0.2) is 0 Å². The van der Waals surface area contributed by atoms with Crippen molar-refractivity contribution < 1.29 is 9.53 Å². The van der Waals surface area contributed by atoms with E-state index in [9.17, 15) is 4.79 Å². The van der Waals surface area contributed by atoms with Crippen molar-refractivity contribution in [1.29, 1.82) is 0 Å². The summed E-state index contributed by atoms with van der Waals surface area (Å²) in [5.41, 5.74) is 0. The first-order chi connectivity index (χ1) is 7.65. The zero-order chi connectivity index (χ0) is 11.7. The van der Waals surface area contributed by atoms with Gasteiger partial charge in [0.05, 0.1) is 5.92 Å². The molecule has 2 aliphatic rings. The van der Waals surface area contributed by atoms with Crippen LogP contribution in [0.5, 0.6) is 0 Å². The van der Waals surface area contributed by atoms with Gasteiger partial charge in [0.2, 0.25) is 0 Å². The second kappa shape index (κ2) is 4.44. The number of carbonyl (C=O) groups is 1. The van der Waals surface area contributed by atoms with Crippen molar-refractivity contribution in [1.82, 2.24) is 0 Å². The standard InChI is InChI=1S/C14H20O2/c1-4-7-16-14(15)13-11-6-5-10(8-11)12(13)9(2)3/h4-6,9-13H,1,7-8H2,2-3H3. The van der Waals surface area contributed by atoms with E-state index >= 15 is 0 Å². The maximum Gasteiger partial charge on any atom is 0.310 e. The van der Waals surface area contributed by atoms with E-state index < -0.39 is 0 Å². The van der Waals surface area contributed by atoms with Gasteiger partial charge in [0.1, 0.15) is 6.61 Å². The SMILES string of the molecule is C=CCOC(=O)C1C2C=CC(C2)C1C(C)C. The molecule has 1 fully saturated rings. The first-order valence-corrected chi connectivity index (χ1v) is 6.11. The fraction of sp³-hybridized carbons (Fsp3) is 0.643. The minimum atomic E-state index is -0.0320. The third-order valence-corrected chi connectivity index (χ3v) is 3.91. The molecule has 1 saturated carbocycles. The lowest BCUT2D eigenvalue weighted by atomic mass is 9.76. The highest BCUT2D eigenvalue weighted by molar-refractivity contribution is 5.74. The summed E-state index contributed by atoms with van der Waals surface area (Å²) in [6, 6.07) is 0. The van der Waals surface area contributed by atoms with Crippen LogP contribution in [-0.4, -0.2) is 12.6 Å². The van der Waals surface area contributed by atoms with Crippen LogP contribution in [0.1, 0.15) is 20.3 Å². The van der Waals surface area contributed by atoms with Crippen molar-refractivity contribution in [3.63, 3.8) is 0 Å². The minimum absolute atomic E-state index is 0.0320. The first-order valence-electron chi connectivity index (χ1n) is 6.11. The fourth-order valence-electron chi connectivity index (χ4n) is 3.34. The van der Waals surface area contributed by atoms with Crippen molar-refractivity contribution in [3.8, 4) is 0 Å². The highest BCUT2D eigenvalue weighted by Gasteiger charge is 2.49. The molecule has 16 heavy (non-hydrogen) atoms. The van der Waals surface area contributed by atoms with Crippen LogP contribution >= 0.6 is 0 Å². The lowest BCUT2D eigenvalue weighted by molar-refractivity contribution is -0.150. The molecule has 0 amide bonds. The predicted octanol–water partition coefficient (Wildman–Crippen LogP) is 2.81. The van der Waals surface area contributed by atoms with E-state index in [0.29, 0.717) is 30.3 Å². The highest BCUT2D eigenvalue weighted by atomic mass is 16.5. The number of ether oxygens (including phenoxy) is 1. The molecule has 2 aliphatic carbocycles. The number of rotatable bonds is 4. The maximum atomic E-state index is 12.0. The van der Waals surface area contributed by atoms with E-state index in [4.69, 9.17) is 4.74 Å². The normalized spacial score (nSPS) is 35.7. The molecule has 2 bridgehead atoms. The largest absolute Gasteiger partial charge is 0.461 e. The van der Waals surface area contributed by atoms with E-state index in [-0.39, 0.29) is 11.9 Å². The van der Waals surface area contributed by atoms with E-state index in [0.717, 1.165) is 6.42 Å². The van der Waals surface area contributed by atoms with Gasteiger partial charge in [-0.05, 0) is 30.1 Å². The topological polar surface area (TPSA) is 26.3 Å². The molecule has 0 aliphatic heterocycles. The smallest absolute Gasteiger partial charge is 0.310 e. The third-order valence-electron chi connectivity index (χ3n) is 3.91. The Labute approximate surface area is 97.4 Å². The average molecular weight is 220 g/mol. The molecule has 0 heterocycles. The molecule has 2 rings (SSSR count). The molecule has 0 aromatic heterocycles. The number of carbonyl (C=O) groups excluding carboxylic acids is 1. The summed E-state index contributed by atoms with van der Waals surface area (Å²) >= 11 is 0. The lowest BCUT2D eigenvalue weighted by Gasteiger charge is -2.29. The van der Waals surface area contributed by atoms with E-state index in [1.807, 2.05) is 0 Å². The van der Waals surface area contributed by atoms with Gasteiger partial charge >= 0.3 is 5.97 Å². The Bertz CT molecular complexity index is 317. The van der Waals surface area contributed by atoms with Gasteiger partial charge in [0.25, 0.3) is 0 Å². The Kier molecular flexibility index (Phi) is 3.17. The van der Waals surface area contributed by atoms with Crippen molar-refractivity contribution in [2.45, 2.75) is 20.3 Å².